The Morgan fingerprint density at radius 3 is 2.67 bits per heavy atom. The molecule has 1 fully saturated rings. The summed E-state index contributed by atoms with van der Waals surface area (Å²) in [4.78, 5) is 22.0. The summed E-state index contributed by atoms with van der Waals surface area (Å²) in [6.45, 7) is 7.74. The molecule has 1 aromatic heterocycles. The van der Waals surface area contributed by atoms with E-state index in [-0.39, 0.29) is 24.5 Å². The van der Waals surface area contributed by atoms with Gasteiger partial charge < -0.3 is 19.7 Å². The second-order valence-electron chi connectivity index (χ2n) is 6.48. The Kier molecular flexibility index (Phi) is 4.39. The molecule has 21 heavy (non-hydrogen) atoms. The lowest BCUT2D eigenvalue weighted by atomic mass is 10.0. The van der Waals surface area contributed by atoms with Crippen molar-refractivity contribution in [1.29, 1.82) is 0 Å². The molecular weight excluding hydrogens is 270 g/mol. The van der Waals surface area contributed by atoms with Crippen LogP contribution in [0.1, 0.15) is 49.9 Å². The van der Waals surface area contributed by atoms with Crippen LogP contribution in [0.15, 0.2) is 0 Å². The van der Waals surface area contributed by atoms with Gasteiger partial charge in [-0.25, -0.2) is 4.98 Å². The number of methoxy groups -OCH3 is 1. The van der Waals surface area contributed by atoms with Crippen molar-refractivity contribution in [2.24, 2.45) is 0 Å². The number of rotatable bonds is 4. The quantitative estimate of drug-likeness (QED) is 0.882. The second-order valence-corrected chi connectivity index (χ2v) is 6.48. The summed E-state index contributed by atoms with van der Waals surface area (Å²) in [5.41, 5.74) is 0.948. The van der Waals surface area contributed by atoms with Gasteiger partial charge in [0.1, 0.15) is 5.82 Å². The third-order valence-corrected chi connectivity index (χ3v) is 3.96. The van der Waals surface area contributed by atoms with Crippen LogP contribution in [0.2, 0.25) is 0 Å². The van der Waals surface area contributed by atoms with Crippen LogP contribution in [0.5, 0.6) is 0 Å². The van der Waals surface area contributed by atoms with Crippen LogP contribution in [0.25, 0.3) is 0 Å². The molecule has 1 saturated heterocycles. The summed E-state index contributed by atoms with van der Waals surface area (Å²) in [5, 5.41) is 9.87. The highest BCUT2D eigenvalue weighted by molar-refractivity contribution is 5.78. The van der Waals surface area contributed by atoms with Gasteiger partial charge in [0.2, 0.25) is 5.91 Å². The molecule has 1 aliphatic rings. The third kappa shape index (κ3) is 3.63. The van der Waals surface area contributed by atoms with E-state index in [9.17, 15) is 9.90 Å². The summed E-state index contributed by atoms with van der Waals surface area (Å²) in [5.74, 6) is 0.729. The number of aromatic amines is 1. The standard InChI is InChI=1S/C15H25N3O3/c1-9-10(2)17-14(16-9)12-6-11(21-5)8-18(12)13(19)7-15(3,4)20/h11-12,20H,6-8H2,1-5H3,(H,16,17)/t11-,12+/m1/s1. The molecule has 2 atom stereocenters. The van der Waals surface area contributed by atoms with Crippen LogP contribution >= 0.6 is 0 Å². The van der Waals surface area contributed by atoms with Crippen molar-refractivity contribution in [3.63, 3.8) is 0 Å². The third-order valence-electron chi connectivity index (χ3n) is 3.96. The minimum absolute atomic E-state index is 0.00599. The fraction of sp³-hybridized carbons (Fsp3) is 0.733. The van der Waals surface area contributed by atoms with E-state index in [2.05, 4.69) is 9.97 Å². The summed E-state index contributed by atoms with van der Waals surface area (Å²) < 4.78 is 5.41. The number of hydrogen-bond donors (Lipinski definition) is 2. The molecule has 0 bridgehead atoms. The smallest absolute Gasteiger partial charge is 0.226 e. The Morgan fingerprint density at radius 1 is 1.52 bits per heavy atom. The zero-order valence-corrected chi connectivity index (χ0v) is 13.4. The molecule has 6 nitrogen and oxygen atoms in total. The highest BCUT2D eigenvalue weighted by Gasteiger charge is 2.39. The minimum Gasteiger partial charge on any atom is -0.390 e. The second kappa shape index (κ2) is 5.77. The first-order valence-electron chi connectivity index (χ1n) is 7.29. The predicted molar refractivity (Wildman–Crippen MR) is 78.8 cm³/mol. The highest BCUT2D eigenvalue weighted by Crippen LogP contribution is 2.33. The van der Waals surface area contributed by atoms with E-state index in [4.69, 9.17) is 4.74 Å². The zero-order chi connectivity index (χ0) is 15.8. The van der Waals surface area contributed by atoms with Crippen molar-refractivity contribution < 1.29 is 14.6 Å². The van der Waals surface area contributed by atoms with E-state index < -0.39 is 5.60 Å². The van der Waals surface area contributed by atoms with E-state index >= 15 is 0 Å². The van der Waals surface area contributed by atoms with Crippen molar-refractivity contribution in [2.75, 3.05) is 13.7 Å². The topological polar surface area (TPSA) is 78.5 Å². The number of imidazole rings is 1. The Balaban J connectivity index is 2.22. The summed E-state index contributed by atoms with van der Waals surface area (Å²) >= 11 is 0. The Bertz CT molecular complexity index is 499. The molecule has 0 spiro atoms. The number of aromatic nitrogens is 2. The van der Waals surface area contributed by atoms with Gasteiger partial charge in [-0.3, -0.25) is 4.79 Å². The van der Waals surface area contributed by atoms with Gasteiger partial charge in [0.25, 0.3) is 0 Å². The molecule has 0 aliphatic carbocycles. The van der Waals surface area contributed by atoms with Crippen molar-refractivity contribution in [1.82, 2.24) is 14.9 Å². The van der Waals surface area contributed by atoms with Crippen molar-refractivity contribution in [3.05, 3.63) is 17.2 Å². The number of H-pyrrole nitrogens is 1. The van der Waals surface area contributed by atoms with Gasteiger partial charge in [-0.15, -0.1) is 0 Å². The van der Waals surface area contributed by atoms with Crippen LogP contribution in [-0.4, -0.2) is 51.2 Å². The molecule has 0 saturated carbocycles. The van der Waals surface area contributed by atoms with E-state index in [1.54, 1.807) is 25.9 Å². The molecule has 1 aliphatic heterocycles. The van der Waals surface area contributed by atoms with E-state index in [0.29, 0.717) is 6.54 Å². The SMILES string of the molecule is CO[C@@H]1C[C@@H](c2nc(C)c(C)[nH]2)N(C(=O)CC(C)(C)O)C1. The van der Waals surface area contributed by atoms with Gasteiger partial charge in [-0.05, 0) is 27.7 Å². The molecule has 6 heteroatoms. The summed E-state index contributed by atoms with van der Waals surface area (Å²) in [6.07, 6.45) is 0.825. The first-order chi connectivity index (χ1) is 9.71. The molecule has 0 aromatic carbocycles. The number of nitrogens with one attached hydrogen (secondary N) is 1. The largest absolute Gasteiger partial charge is 0.390 e. The Hall–Kier alpha value is -1.40. The van der Waals surface area contributed by atoms with Crippen LogP contribution < -0.4 is 0 Å². The van der Waals surface area contributed by atoms with E-state index in [1.807, 2.05) is 13.8 Å². The number of nitrogens with zero attached hydrogens (tertiary/aromatic N) is 2. The molecular formula is C15H25N3O3. The van der Waals surface area contributed by atoms with Gasteiger partial charge >= 0.3 is 0 Å². The molecule has 1 aromatic rings. The maximum atomic E-state index is 12.5. The normalized spacial score (nSPS) is 22.9. The minimum atomic E-state index is -1.01. The lowest BCUT2D eigenvalue weighted by Gasteiger charge is -2.26. The van der Waals surface area contributed by atoms with Gasteiger partial charge in [0.15, 0.2) is 0 Å². The molecule has 0 radical (unpaired) electrons. The van der Waals surface area contributed by atoms with Gasteiger partial charge in [0.05, 0.1) is 29.9 Å². The van der Waals surface area contributed by atoms with Crippen LogP contribution in [0.3, 0.4) is 0 Å². The van der Waals surface area contributed by atoms with Gasteiger partial charge in [-0.2, -0.15) is 0 Å². The molecule has 118 valence electrons. The lowest BCUT2D eigenvalue weighted by Crippen LogP contribution is -2.37. The van der Waals surface area contributed by atoms with E-state index in [1.165, 1.54) is 0 Å². The first-order valence-corrected chi connectivity index (χ1v) is 7.29. The molecule has 1 amide bonds. The van der Waals surface area contributed by atoms with Gasteiger partial charge in [0, 0.05) is 25.8 Å². The van der Waals surface area contributed by atoms with Crippen LogP contribution in [0, 0.1) is 13.8 Å². The first kappa shape index (κ1) is 16.0. The van der Waals surface area contributed by atoms with E-state index in [0.717, 1.165) is 23.6 Å². The molecule has 2 rings (SSSR count). The number of likely N-dealkylation sites (tertiary alicyclic amines) is 1. The maximum Gasteiger partial charge on any atom is 0.226 e. The number of hydrogen-bond acceptors (Lipinski definition) is 4. The molecule has 2 N–H and O–H groups in total. The van der Waals surface area contributed by atoms with Crippen LogP contribution in [0.4, 0.5) is 0 Å². The number of aryl methyl sites for hydroxylation is 2. The number of aliphatic hydroxyl groups is 1. The zero-order valence-electron chi connectivity index (χ0n) is 13.4. The Morgan fingerprint density at radius 2 is 2.19 bits per heavy atom. The highest BCUT2D eigenvalue weighted by atomic mass is 16.5. The number of ether oxygens (including phenoxy) is 1. The monoisotopic (exact) mass is 295 g/mol. The predicted octanol–water partition coefficient (Wildman–Crippen LogP) is 1.48. The number of amides is 1. The number of carbonyl (C=O) groups excluding carboxylic acids is 1. The van der Waals surface area contributed by atoms with Crippen molar-refractivity contribution >= 4 is 5.91 Å². The Labute approximate surface area is 125 Å². The maximum absolute atomic E-state index is 12.5. The van der Waals surface area contributed by atoms with Crippen molar-refractivity contribution in [2.45, 2.75) is 58.3 Å². The lowest BCUT2D eigenvalue weighted by molar-refractivity contribution is -0.136. The average molecular weight is 295 g/mol. The fourth-order valence-electron chi connectivity index (χ4n) is 2.71. The molecule has 2 heterocycles. The number of carbonyl (C=O) groups is 1. The summed E-state index contributed by atoms with van der Waals surface area (Å²) in [7, 11) is 1.66. The molecule has 0 unspecified atom stereocenters. The van der Waals surface area contributed by atoms with Gasteiger partial charge in [-0.1, -0.05) is 0 Å². The fourth-order valence-corrected chi connectivity index (χ4v) is 2.71. The average Bonchev–Trinajstić information content (AvgIpc) is 2.92. The van der Waals surface area contributed by atoms with Crippen LogP contribution in [-0.2, 0) is 9.53 Å². The van der Waals surface area contributed by atoms with Crippen molar-refractivity contribution in [3.8, 4) is 0 Å². The summed E-state index contributed by atoms with van der Waals surface area (Å²) in [6, 6.07) is -0.114.